The molecule has 2 aromatic rings. The SMILES string of the molecule is Cc1ccc(Oc2cc(N)ccc2Br)nc1. The van der Waals surface area contributed by atoms with Crippen LogP contribution in [0.1, 0.15) is 5.56 Å². The number of aryl methyl sites for hydroxylation is 1. The third kappa shape index (κ3) is 2.52. The van der Waals surface area contributed by atoms with E-state index < -0.39 is 0 Å². The van der Waals surface area contributed by atoms with Gasteiger partial charge in [0.15, 0.2) is 0 Å². The van der Waals surface area contributed by atoms with E-state index >= 15 is 0 Å². The highest BCUT2D eigenvalue weighted by molar-refractivity contribution is 9.10. The standard InChI is InChI=1S/C12H11BrN2O/c1-8-2-5-12(15-7-8)16-11-6-9(14)3-4-10(11)13/h2-7H,14H2,1H3. The molecule has 0 unspecified atom stereocenters. The molecule has 82 valence electrons. The Morgan fingerprint density at radius 2 is 2.06 bits per heavy atom. The van der Waals surface area contributed by atoms with Gasteiger partial charge in [0, 0.05) is 24.0 Å². The molecule has 0 spiro atoms. The van der Waals surface area contributed by atoms with E-state index in [0.717, 1.165) is 10.0 Å². The van der Waals surface area contributed by atoms with Crippen LogP contribution in [0.5, 0.6) is 11.6 Å². The van der Waals surface area contributed by atoms with E-state index in [-0.39, 0.29) is 0 Å². The van der Waals surface area contributed by atoms with Gasteiger partial charge in [0.25, 0.3) is 0 Å². The average molecular weight is 279 g/mol. The Bertz CT molecular complexity index is 497. The molecule has 2 rings (SSSR count). The molecule has 0 bridgehead atoms. The smallest absolute Gasteiger partial charge is 0.219 e. The molecule has 0 aliphatic heterocycles. The predicted octanol–water partition coefficient (Wildman–Crippen LogP) is 3.53. The first-order chi connectivity index (χ1) is 7.65. The number of hydrogen-bond acceptors (Lipinski definition) is 3. The van der Waals surface area contributed by atoms with Crippen molar-refractivity contribution in [2.75, 3.05) is 5.73 Å². The summed E-state index contributed by atoms with van der Waals surface area (Å²) in [7, 11) is 0. The number of halogens is 1. The van der Waals surface area contributed by atoms with Crippen LogP contribution in [-0.4, -0.2) is 4.98 Å². The van der Waals surface area contributed by atoms with Crippen LogP contribution in [0.25, 0.3) is 0 Å². The van der Waals surface area contributed by atoms with E-state index in [2.05, 4.69) is 20.9 Å². The van der Waals surface area contributed by atoms with E-state index in [1.54, 1.807) is 18.3 Å². The summed E-state index contributed by atoms with van der Waals surface area (Å²) in [6, 6.07) is 9.18. The molecular formula is C12H11BrN2O. The van der Waals surface area contributed by atoms with E-state index in [1.165, 1.54) is 0 Å². The minimum atomic E-state index is 0.553. The van der Waals surface area contributed by atoms with Gasteiger partial charge in [-0.3, -0.25) is 0 Å². The molecule has 0 saturated carbocycles. The molecule has 3 nitrogen and oxygen atoms in total. The van der Waals surface area contributed by atoms with Crippen molar-refractivity contribution >= 4 is 21.6 Å². The van der Waals surface area contributed by atoms with Crippen LogP contribution in [0, 0.1) is 6.92 Å². The molecule has 4 heteroatoms. The number of anilines is 1. The average Bonchev–Trinajstić information content (AvgIpc) is 2.27. The fourth-order valence-electron chi connectivity index (χ4n) is 1.23. The molecular weight excluding hydrogens is 268 g/mol. The summed E-state index contributed by atoms with van der Waals surface area (Å²) in [4.78, 5) is 4.16. The Morgan fingerprint density at radius 1 is 1.25 bits per heavy atom. The third-order valence-electron chi connectivity index (χ3n) is 2.05. The lowest BCUT2D eigenvalue weighted by molar-refractivity contribution is 0.460. The monoisotopic (exact) mass is 278 g/mol. The number of nitrogens with two attached hydrogens (primary N) is 1. The molecule has 0 saturated heterocycles. The number of aromatic nitrogens is 1. The summed E-state index contributed by atoms with van der Waals surface area (Å²) in [5.41, 5.74) is 7.44. The number of hydrogen-bond donors (Lipinski definition) is 1. The van der Waals surface area contributed by atoms with Crippen molar-refractivity contribution in [3.8, 4) is 11.6 Å². The second-order valence-electron chi connectivity index (χ2n) is 3.47. The van der Waals surface area contributed by atoms with Gasteiger partial charge < -0.3 is 10.5 Å². The molecule has 0 atom stereocenters. The topological polar surface area (TPSA) is 48.1 Å². The number of nitrogen functional groups attached to an aromatic ring is 1. The van der Waals surface area contributed by atoms with Gasteiger partial charge in [-0.25, -0.2) is 4.98 Å². The second kappa shape index (κ2) is 4.53. The van der Waals surface area contributed by atoms with Crippen LogP contribution in [0.2, 0.25) is 0 Å². The van der Waals surface area contributed by atoms with Gasteiger partial charge in [0.1, 0.15) is 5.75 Å². The lowest BCUT2D eigenvalue weighted by Gasteiger charge is -2.07. The van der Waals surface area contributed by atoms with Gasteiger partial charge in [-0.2, -0.15) is 0 Å². The fraction of sp³-hybridized carbons (Fsp3) is 0.0833. The Morgan fingerprint density at radius 3 is 2.75 bits per heavy atom. The summed E-state index contributed by atoms with van der Waals surface area (Å²) in [5.74, 6) is 1.22. The van der Waals surface area contributed by atoms with Crippen molar-refractivity contribution in [3.05, 3.63) is 46.6 Å². The Labute approximate surface area is 102 Å². The summed E-state index contributed by atoms with van der Waals surface area (Å²) in [6.07, 6.45) is 1.76. The van der Waals surface area contributed by atoms with Gasteiger partial charge in [0.2, 0.25) is 5.88 Å². The number of benzene rings is 1. The van der Waals surface area contributed by atoms with Gasteiger partial charge >= 0.3 is 0 Å². The van der Waals surface area contributed by atoms with Crippen LogP contribution in [0.4, 0.5) is 5.69 Å². The van der Waals surface area contributed by atoms with Gasteiger partial charge in [0.05, 0.1) is 4.47 Å². The van der Waals surface area contributed by atoms with Crippen LogP contribution in [0.15, 0.2) is 41.0 Å². The lowest BCUT2D eigenvalue weighted by Crippen LogP contribution is -1.91. The molecule has 0 aliphatic rings. The first-order valence-electron chi connectivity index (χ1n) is 4.81. The van der Waals surface area contributed by atoms with Gasteiger partial charge in [-0.1, -0.05) is 6.07 Å². The highest BCUT2D eigenvalue weighted by Crippen LogP contribution is 2.30. The fourth-order valence-corrected chi connectivity index (χ4v) is 1.55. The van der Waals surface area contributed by atoms with E-state index in [9.17, 15) is 0 Å². The molecule has 1 heterocycles. The largest absolute Gasteiger partial charge is 0.438 e. The minimum absolute atomic E-state index is 0.553. The highest BCUT2D eigenvalue weighted by atomic mass is 79.9. The maximum Gasteiger partial charge on any atom is 0.219 e. The van der Waals surface area contributed by atoms with Crippen LogP contribution < -0.4 is 10.5 Å². The van der Waals surface area contributed by atoms with Crippen LogP contribution in [-0.2, 0) is 0 Å². The summed E-state index contributed by atoms with van der Waals surface area (Å²) < 4.78 is 6.46. The molecule has 0 amide bonds. The Balaban J connectivity index is 2.26. The van der Waals surface area contributed by atoms with Crippen molar-refractivity contribution in [2.24, 2.45) is 0 Å². The lowest BCUT2D eigenvalue weighted by atomic mass is 10.3. The predicted molar refractivity (Wildman–Crippen MR) is 67.6 cm³/mol. The molecule has 1 aromatic heterocycles. The van der Waals surface area contributed by atoms with Crippen LogP contribution >= 0.6 is 15.9 Å². The number of ether oxygens (including phenoxy) is 1. The Hall–Kier alpha value is -1.55. The highest BCUT2D eigenvalue weighted by Gasteiger charge is 2.03. The molecule has 0 radical (unpaired) electrons. The zero-order chi connectivity index (χ0) is 11.5. The molecule has 16 heavy (non-hydrogen) atoms. The third-order valence-corrected chi connectivity index (χ3v) is 2.71. The van der Waals surface area contributed by atoms with Crippen molar-refractivity contribution in [2.45, 2.75) is 6.92 Å². The van der Waals surface area contributed by atoms with Crippen molar-refractivity contribution in [1.82, 2.24) is 4.98 Å². The Kier molecular flexibility index (Phi) is 3.10. The molecule has 1 aromatic carbocycles. The summed E-state index contributed by atoms with van der Waals surface area (Å²) in [5, 5.41) is 0. The van der Waals surface area contributed by atoms with Crippen molar-refractivity contribution in [3.63, 3.8) is 0 Å². The maximum absolute atomic E-state index is 5.68. The van der Waals surface area contributed by atoms with E-state index in [4.69, 9.17) is 10.5 Å². The van der Waals surface area contributed by atoms with E-state index in [1.807, 2.05) is 25.1 Å². The van der Waals surface area contributed by atoms with E-state index in [0.29, 0.717) is 17.3 Å². The second-order valence-corrected chi connectivity index (χ2v) is 4.32. The number of nitrogens with zero attached hydrogens (tertiary/aromatic N) is 1. The summed E-state index contributed by atoms with van der Waals surface area (Å²) >= 11 is 3.39. The normalized spacial score (nSPS) is 10.1. The quantitative estimate of drug-likeness (QED) is 0.855. The zero-order valence-corrected chi connectivity index (χ0v) is 10.4. The summed E-state index contributed by atoms with van der Waals surface area (Å²) in [6.45, 7) is 1.98. The van der Waals surface area contributed by atoms with Crippen molar-refractivity contribution in [1.29, 1.82) is 0 Å². The van der Waals surface area contributed by atoms with Crippen molar-refractivity contribution < 1.29 is 4.74 Å². The maximum atomic E-state index is 5.68. The first-order valence-corrected chi connectivity index (χ1v) is 5.60. The van der Waals surface area contributed by atoms with Crippen LogP contribution in [0.3, 0.4) is 0 Å². The van der Waals surface area contributed by atoms with Gasteiger partial charge in [-0.05, 0) is 40.5 Å². The zero-order valence-electron chi connectivity index (χ0n) is 8.77. The molecule has 0 aliphatic carbocycles. The first kappa shape index (κ1) is 11.0. The molecule has 2 N–H and O–H groups in total. The number of pyridine rings is 1. The minimum Gasteiger partial charge on any atom is -0.438 e. The molecule has 0 fully saturated rings. The number of rotatable bonds is 2. The van der Waals surface area contributed by atoms with Gasteiger partial charge in [-0.15, -0.1) is 0 Å².